The van der Waals surface area contributed by atoms with Gasteiger partial charge in [0.2, 0.25) is 0 Å². The quantitative estimate of drug-likeness (QED) is 0.840. The fourth-order valence-electron chi connectivity index (χ4n) is 3.65. The highest BCUT2D eigenvalue weighted by Crippen LogP contribution is 2.34. The van der Waals surface area contributed by atoms with Crippen molar-refractivity contribution in [2.24, 2.45) is 5.92 Å². The number of likely N-dealkylation sites (N-methyl/N-ethyl adjacent to an activating group) is 1. The van der Waals surface area contributed by atoms with Crippen LogP contribution in [0.2, 0.25) is 0 Å². The molecule has 1 saturated carbocycles. The lowest BCUT2D eigenvalue weighted by Crippen LogP contribution is -2.39. The zero-order valence-corrected chi connectivity index (χ0v) is 13.5. The molecule has 2 atom stereocenters. The summed E-state index contributed by atoms with van der Waals surface area (Å²) in [5.74, 6) is 0.405. The van der Waals surface area contributed by atoms with Crippen molar-refractivity contribution in [1.82, 2.24) is 5.32 Å². The minimum absolute atomic E-state index is 0.0671. The summed E-state index contributed by atoms with van der Waals surface area (Å²) in [6.45, 7) is 4.89. The molecule has 0 spiro atoms. The fourth-order valence-corrected chi connectivity index (χ4v) is 3.65. The first-order chi connectivity index (χ1) is 10.2. The minimum atomic E-state index is -0.161. The summed E-state index contributed by atoms with van der Waals surface area (Å²) >= 11 is 0. The van der Waals surface area contributed by atoms with Crippen molar-refractivity contribution < 1.29 is 9.13 Å². The van der Waals surface area contributed by atoms with Gasteiger partial charge in [0.25, 0.3) is 0 Å². The second kappa shape index (κ2) is 7.90. The Labute approximate surface area is 128 Å². The van der Waals surface area contributed by atoms with Gasteiger partial charge in [0.05, 0.1) is 12.1 Å². The summed E-state index contributed by atoms with van der Waals surface area (Å²) in [5.41, 5.74) is 1.97. The Hall–Kier alpha value is -0.930. The van der Waals surface area contributed by atoms with E-state index in [1.165, 1.54) is 32.1 Å². The molecule has 1 aliphatic rings. The number of ether oxygens (including phenoxy) is 1. The van der Waals surface area contributed by atoms with E-state index >= 15 is 0 Å². The van der Waals surface area contributed by atoms with Crippen LogP contribution < -0.4 is 5.32 Å². The van der Waals surface area contributed by atoms with Crippen LogP contribution in [0.5, 0.6) is 0 Å². The molecule has 1 N–H and O–H groups in total. The summed E-state index contributed by atoms with van der Waals surface area (Å²) in [6, 6.07) is 5.37. The highest BCUT2D eigenvalue weighted by Gasteiger charge is 2.31. The average molecular weight is 293 g/mol. The molecule has 21 heavy (non-hydrogen) atoms. The molecule has 0 radical (unpaired) electrons. The van der Waals surface area contributed by atoms with Gasteiger partial charge >= 0.3 is 0 Å². The summed E-state index contributed by atoms with van der Waals surface area (Å²) in [4.78, 5) is 0. The Balaban J connectivity index is 2.26. The Morgan fingerprint density at radius 1 is 1.24 bits per heavy atom. The lowest BCUT2D eigenvalue weighted by Gasteiger charge is -2.35. The smallest absolute Gasteiger partial charge is 0.123 e. The number of rotatable bonds is 6. The lowest BCUT2D eigenvalue weighted by molar-refractivity contribution is 0.00785. The Morgan fingerprint density at radius 2 is 1.95 bits per heavy atom. The minimum Gasteiger partial charge on any atom is -0.379 e. The van der Waals surface area contributed by atoms with Crippen LogP contribution in [0.4, 0.5) is 4.39 Å². The van der Waals surface area contributed by atoms with Gasteiger partial charge in [-0.15, -0.1) is 0 Å². The molecular formula is C18H28FNO. The summed E-state index contributed by atoms with van der Waals surface area (Å²) < 4.78 is 19.6. The predicted octanol–water partition coefficient (Wildman–Crippen LogP) is 4.38. The van der Waals surface area contributed by atoms with Crippen molar-refractivity contribution >= 4 is 0 Å². The number of benzene rings is 1. The van der Waals surface area contributed by atoms with Crippen LogP contribution in [-0.4, -0.2) is 19.8 Å². The molecule has 0 aliphatic heterocycles. The third kappa shape index (κ3) is 4.27. The van der Waals surface area contributed by atoms with Gasteiger partial charge in [-0.1, -0.05) is 32.3 Å². The normalized spacial score (nSPS) is 19.4. The van der Waals surface area contributed by atoms with Crippen molar-refractivity contribution in [2.45, 2.75) is 58.1 Å². The maximum atomic E-state index is 13.8. The molecule has 2 rings (SSSR count). The highest BCUT2D eigenvalue weighted by atomic mass is 19.1. The molecule has 118 valence electrons. The van der Waals surface area contributed by atoms with Crippen LogP contribution in [0.15, 0.2) is 18.2 Å². The van der Waals surface area contributed by atoms with Crippen molar-refractivity contribution in [3.8, 4) is 0 Å². The van der Waals surface area contributed by atoms with Crippen molar-refractivity contribution in [1.29, 1.82) is 0 Å². The molecule has 3 heteroatoms. The third-order valence-corrected chi connectivity index (χ3v) is 4.56. The van der Waals surface area contributed by atoms with E-state index in [-0.39, 0.29) is 18.0 Å². The molecule has 2 nitrogen and oxygen atoms in total. The lowest BCUT2D eigenvalue weighted by atomic mass is 9.80. The molecule has 1 fully saturated rings. The molecule has 2 unspecified atom stereocenters. The number of aryl methyl sites for hydroxylation is 1. The SMILES string of the molecule is CCNC(c1cc(C)cc(F)c1)C(OC)C1CCCCC1. The molecule has 0 heterocycles. The van der Waals surface area contributed by atoms with Crippen molar-refractivity contribution in [3.63, 3.8) is 0 Å². The largest absolute Gasteiger partial charge is 0.379 e. The molecular weight excluding hydrogens is 265 g/mol. The third-order valence-electron chi connectivity index (χ3n) is 4.56. The molecule has 1 aliphatic carbocycles. The van der Waals surface area contributed by atoms with E-state index in [1.807, 2.05) is 6.92 Å². The Kier molecular flexibility index (Phi) is 6.19. The van der Waals surface area contributed by atoms with E-state index in [9.17, 15) is 4.39 Å². The highest BCUT2D eigenvalue weighted by molar-refractivity contribution is 5.27. The Morgan fingerprint density at radius 3 is 2.52 bits per heavy atom. The number of methoxy groups -OCH3 is 1. The molecule has 1 aromatic carbocycles. The first kappa shape index (κ1) is 16.4. The standard InChI is InChI=1S/C18H28FNO/c1-4-20-17(15-10-13(2)11-16(19)12-15)18(21-3)14-8-6-5-7-9-14/h10-12,14,17-18,20H,4-9H2,1-3H3. The van der Waals surface area contributed by atoms with Gasteiger partial charge in [-0.3, -0.25) is 0 Å². The van der Waals surface area contributed by atoms with E-state index in [0.717, 1.165) is 17.7 Å². The molecule has 0 bridgehead atoms. The topological polar surface area (TPSA) is 21.3 Å². The number of hydrogen-bond donors (Lipinski definition) is 1. The zero-order chi connectivity index (χ0) is 15.2. The fraction of sp³-hybridized carbons (Fsp3) is 0.667. The molecule has 1 aromatic rings. The van der Waals surface area contributed by atoms with Crippen LogP contribution in [0.1, 0.15) is 56.2 Å². The Bertz CT molecular complexity index is 423. The van der Waals surface area contributed by atoms with Crippen LogP contribution >= 0.6 is 0 Å². The second-order valence-corrected chi connectivity index (χ2v) is 6.20. The summed E-state index contributed by atoms with van der Waals surface area (Å²) in [5, 5.41) is 3.51. The van der Waals surface area contributed by atoms with E-state index in [4.69, 9.17) is 4.74 Å². The van der Waals surface area contributed by atoms with E-state index in [1.54, 1.807) is 19.2 Å². The number of hydrogen-bond acceptors (Lipinski definition) is 2. The van der Waals surface area contributed by atoms with E-state index < -0.39 is 0 Å². The van der Waals surface area contributed by atoms with E-state index in [2.05, 4.69) is 18.3 Å². The summed E-state index contributed by atoms with van der Waals surface area (Å²) in [7, 11) is 1.79. The van der Waals surface area contributed by atoms with Gasteiger partial charge in [0.15, 0.2) is 0 Å². The first-order valence-corrected chi connectivity index (χ1v) is 8.19. The second-order valence-electron chi connectivity index (χ2n) is 6.20. The molecule has 0 aromatic heterocycles. The van der Waals surface area contributed by atoms with Crippen LogP contribution in [0, 0.1) is 18.7 Å². The van der Waals surface area contributed by atoms with Gasteiger partial charge < -0.3 is 10.1 Å². The van der Waals surface area contributed by atoms with Crippen molar-refractivity contribution in [3.05, 3.63) is 35.1 Å². The van der Waals surface area contributed by atoms with E-state index in [0.29, 0.717) is 5.92 Å². The van der Waals surface area contributed by atoms with Gasteiger partial charge in [-0.2, -0.15) is 0 Å². The maximum Gasteiger partial charge on any atom is 0.123 e. The van der Waals surface area contributed by atoms with Gasteiger partial charge in [0, 0.05) is 7.11 Å². The number of halogens is 1. The number of nitrogens with one attached hydrogen (secondary N) is 1. The average Bonchev–Trinajstić information content (AvgIpc) is 2.47. The van der Waals surface area contributed by atoms with Gasteiger partial charge in [0.1, 0.15) is 5.82 Å². The molecule has 0 amide bonds. The monoisotopic (exact) mass is 293 g/mol. The first-order valence-electron chi connectivity index (χ1n) is 8.19. The summed E-state index contributed by atoms with van der Waals surface area (Å²) in [6.07, 6.45) is 6.45. The van der Waals surface area contributed by atoms with Crippen molar-refractivity contribution in [2.75, 3.05) is 13.7 Å². The maximum absolute atomic E-state index is 13.8. The molecule has 0 saturated heterocycles. The van der Waals surface area contributed by atoms with Gasteiger partial charge in [-0.25, -0.2) is 4.39 Å². The zero-order valence-electron chi connectivity index (χ0n) is 13.5. The van der Waals surface area contributed by atoms with Crippen LogP contribution in [-0.2, 0) is 4.74 Å². The van der Waals surface area contributed by atoms with Crippen LogP contribution in [0.25, 0.3) is 0 Å². The predicted molar refractivity (Wildman–Crippen MR) is 84.9 cm³/mol. The van der Waals surface area contributed by atoms with Crippen LogP contribution in [0.3, 0.4) is 0 Å². The van der Waals surface area contributed by atoms with Gasteiger partial charge in [-0.05, 0) is 55.5 Å².